The monoisotopic (exact) mass is 486 g/mol. The first-order chi connectivity index (χ1) is 16.0. The van der Waals surface area contributed by atoms with Crippen molar-refractivity contribution in [2.75, 3.05) is 24.9 Å². The fraction of sp³-hybridized carbons (Fsp3) is 0.304. The van der Waals surface area contributed by atoms with Gasteiger partial charge in [0.15, 0.2) is 17.2 Å². The summed E-state index contributed by atoms with van der Waals surface area (Å²) in [6.07, 6.45) is 0.0505. The molecule has 0 unspecified atom stereocenters. The van der Waals surface area contributed by atoms with Crippen LogP contribution < -0.4 is 19.1 Å². The number of benzene rings is 2. The molecule has 10 heteroatoms. The van der Waals surface area contributed by atoms with Crippen molar-refractivity contribution in [2.45, 2.75) is 31.7 Å². The Hall–Kier alpha value is -3.04. The van der Waals surface area contributed by atoms with Gasteiger partial charge in [-0.2, -0.15) is 4.98 Å². The Morgan fingerprint density at radius 2 is 1.91 bits per heavy atom. The number of para-hydroxylation sites is 1. The number of rotatable bonds is 6. The van der Waals surface area contributed by atoms with Gasteiger partial charge in [-0.05, 0) is 18.6 Å². The number of anilines is 1. The molecule has 0 bridgehead atoms. The van der Waals surface area contributed by atoms with E-state index in [1.54, 1.807) is 12.1 Å². The van der Waals surface area contributed by atoms with Gasteiger partial charge < -0.3 is 14.2 Å². The van der Waals surface area contributed by atoms with Crippen LogP contribution in [0.2, 0.25) is 5.02 Å². The highest BCUT2D eigenvalue weighted by Crippen LogP contribution is 2.46. The first-order valence-corrected chi connectivity index (χ1v) is 11.7. The topological polar surface area (TPSA) is 86.7 Å². The molecule has 2 heterocycles. The fourth-order valence-electron chi connectivity index (χ4n) is 3.57. The van der Waals surface area contributed by atoms with Crippen molar-refractivity contribution < 1.29 is 19.0 Å². The number of fused-ring (bicyclic) bond motifs is 3. The van der Waals surface area contributed by atoms with Crippen LogP contribution in [-0.2, 0) is 4.79 Å². The van der Waals surface area contributed by atoms with E-state index in [2.05, 4.69) is 22.1 Å². The van der Waals surface area contributed by atoms with Gasteiger partial charge in [0.2, 0.25) is 23.2 Å². The summed E-state index contributed by atoms with van der Waals surface area (Å²) >= 11 is 8.13. The molecular formula is C23H23ClN4O4S. The van der Waals surface area contributed by atoms with E-state index in [0.29, 0.717) is 44.2 Å². The summed E-state index contributed by atoms with van der Waals surface area (Å²) in [5, 5.41) is 9.52. The lowest BCUT2D eigenvalue weighted by atomic mass is 10.1. The van der Waals surface area contributed by atoms with Gasteiger partial charge in [0.25, 0.3) is 0 Å². The third-order valence-electron chi connectivity index (χ3n) is 5.06. The first-order valence-electron chi connectivity index (χ1n) is 10.3. The van der Waals surface area contributed by atoms with Gasteiger partial charge in [0, 0.05) is 29.9 Å². The zero-order chi connectivity index (χ0) is 23.5. The predicted molar refractivity (Wildman–Crippen MR) is 127 cm³/mol. The zero-order valence-corrected chi connectivity index (χ0v) is 20.2. The quantitative estimate of drug-likeness (QED) is 0.442. The van der Waals surface area contributed by atoms with Crippen LogP contribution in [0.25, 0.3) is 11.3 Å². The smallest absolute Gasteiger partial charge is 0.247 e. The number of nitrogens with zero attached hydrogens (tertiary/aromatic N) is 4. The van der Waals surface area contributed by atoms with Crippen LogP contribution in [0.4, 0.5) is 5.69 Å². The Kier molecular flexibility index (Phi) is 6.90. The molecule has 1 atom stereocenters. The van der Waals surface area contributed by atoms with Crippen molar-refractivity contribution in [1.29, 1.82) is 0 Å². The third-order valence-corrected chi connectivity index (χ3v) is 6.43. The molecule has 0 spiro atoms. The highest BCUT2D eigenvalue weighted by Gasteiger charge is 2.36. The highest BCUT2D eigenvalue weighted by molar-refractivity contribution is 7.99. The SMILES string of the molecule is CCCSc1nnc2c(n1)O[C@@H](c1cc(OC)c(OC)cc1Cl)N(C(C)=O)c1ccccc1-2. The minimum atomic E-state index is -0.919. The van der Waals surface area contributed by atoms with Gasteiger partial charge in [0.1, 0.15) is 0 Å². The Bertz CT molecular complexity index is 1190. The van der Waals surface area contributed by atoms with Crippen LogP contribution in [-0.4, -0.2) is 41.1 Å². The maximum absolute atomic E-state index is 12.9. The molecule has 0 aliphatic carbocycles. The van der Waals surface area contributed by atoms with Crippen molar-refractivity contribution in [1.82, 2.24) is 15.2 Å². The lowest BCUT2D eigenvalue weighted by molar-refractivity contribution is -0.118. The Morgan fingerprint density at radius 3 is 2.61 bits per heavy atom. The molecule has 1 aliphatic heterocycles. The van der Waals surface area contributed by atoms with Gasteiger partial charge >= 0.3 is 0 Å². The van der Waals surface area contributed by atoms with Crippen LogP contribution in [0.15, 0.2) is 41.6 Å². The van der Waals surface area contributed by atoms with Crippen LogP contribution >= 0.6 is 23.4 Å². The molecule has 4 rings (SSSR count). The fourth-order valence-corrected chi connectivity index (χ4v) is 4.45. The first kappa shape index (κ1) is 23.1. The summed E-state index contributed by atoms with van der Waals surface area (Å²) in [5.74, 6) is 1.82. The lowest BCUT2D eigenvalue weighted by Crippen LogP contribution is -2.36. The Morgan fingerprint density at radius 1 is 1.18 bits per heavy atom. The van der Waals surface area contributed by atoms with Crippen molar-refractivity contribution in [2.24, 2.45) is 0 Å². The van der Waals surface area contributed by atoms with E-state index in [4.69, 9.17) is 25.8 Å². The molecule has 1 aliphatic rings. The van der Waals surface area contributed by atoms with E-state index in [1.165, 1.54) is 37.8 Å². The van der Waals surface area contributed by atoms with Crippen LogP contribution in [0, 0.1) is 0 Å². The van der Waals surface area contributed by atoms with E-state index in [-0.39, 0.29) is 11.8 Å². The molecule has 0 saturated heterocycles. The zero-order valence-electron chi connectivity index (χ0n) is 18.7. The largest absolute Gasteiger partial charge is 0.493 e. The molecule has 3 aromatic rings. The molecule has 2 aromatic carbocycles. The molecule has 0 radical (unpaired) electrons. The third kappa shape index (κ3) is 4.43. The van der Waals surface area contributed by atoms with E-state index >= 15 is 0 Å². The molecule has 33 heavy (non-hydrogen) atoms. The number of carbonyl (C=O) groups excluding carboxylic acids is 1. The molecule has 172 valence electrons. The molecule has 1 amide bonds. The van der Waals surface area contributed by atoms with E-state index in [0.717, 1.165) is 12.2 Å². The summed E-state index contributed by atoms with van der Waals surface area (Å²) in [4.78, 5) is 19.1. The van der Waals surface area contributed by atoms with Crippen LogP contribution in [0.1, 0.15) is 32.1 Å². The average Bonchev–Trinajstić information content (AvgIpc) is 2.96. The number of methoxy groups -OCH3 is 2. The van der Waals surface area contributed by atoms with Gasteiger partial charge in [-0.25, -0.2) is 0 Å². The maximum atomic E-state index is 12.9. The van der Waals surface area contributed by atoms with Crippen molar-refractivity contribution >= 4 is 35.0 Å². The second kappa shape index (κ2) is 9.84. The molecule has 0 saturated carbocycles. The second-order valence-corrected chi connectivity index (χ2v) is 8.67. The summed E-state index contributed by atoms with van der Waals surface area (Å²) in [5.41, 5.74) is 2.28. The van der Waals surface area contributed by atoms with Gasteiger partial charge in [0.05, 0.1) is 24.9 Å². The van der Waals surface area contributed by atoms with E-state index < -0.39 is 6.23 Å². The second-order valence-electron chi connectivity index (χ2n) is 7.20. The number of aromatic nitrogens is 3. The molecule has 8 nitrogen and oxygen atoms in total. The van der Waals surface area contributed by atoms with Gasteiger partial charge in [-0.15, -0.1) is 10.2 Å². The van der Waals surface area contributed by atoms with Crippen molar-refractivity contribution in [3.63, 3.8) is 0 Å². The number of halogens is 1. The van der Waals surface area contributed by atoms with Gasteiger partial charge in [-0.3, -0.25) is 9.69 Å². The molecule has 0 N–H and O–H groups in total. The predicted octanol–water partition coefficient (Wildman–Crippen LogP) is 5.16. The molecule has 0 fully saturated rings. The Balaban J connectivity index is 1.94. The normalized spacial score (nSPS) is 14.6. The number of ether oxygens (including phenoxy) is 3. The Labute approximate surface area is 201 Å². The summed E-state index contributed by atoms with van der Waals surface area (Å²) < 4.78 is 17.2. The van der Waals surface area contributed by atoms with Crippen LogP contribution in [0.3, 0.4) is 0 Å². The number of hydrogen-bond donors (Lipinski definition) is 0. The molecule has 1 aromatic heterocycles. The number of carbonyl (C=O) groups is 1. The summed E-state index contributed by atoms with van der Waals surface area (Å²) in [6, 6.07) is 10.7. The summed E-state index contributed by atoms with van der Waals surface area (Å²) in [7, 11) is 3.06. The molecular weight excluding hydrogens is 464 g/mol. The standard InChI is InChI=1S/C23H23ClN4O4S/c1-5-10-33-23-25-21-20(26-27-23)14-8-6-7-9-17(14)28(13(2)29)22(32-21)15-11-18(30-3)19(31-4)12-16(15)24/h6-9,11-12,22H,5,10H2,1-4H3/t22-/m0/s1. The van der Waals surface area contributed by atoms with Gasteiger partial charge in [-0.1, -0.05) is 48.5 Å². The average molecular weight is 487 g/mol. The lowest BCUT2D eigenvalue weighted by Gasteiger charge is -2.30. The van der Waals surface area contributed by atoms with E-state index in [1.807, 2.05) is 24.3 Å². The number of amides is 1. The van der Waals surface area contributed by atoms with Crippen molar-refractivity contribution in [3.05, 3.63) is 47.0 Å². The number of hydrogen-bond acceptors (Lipinski definition) is 8. The minimum Gasteiger partial charge on any atom is -0.493 e. The van der Waals surface area contributed by atoms with E-state index in [9.17, 15) is 4.79 Å². The van der Waals surface area contributed by atoms with Crippen LogP contribution in [0.5, 0.6) is 17.4 Å². The maximum Gasteiger partial charge on any atom is 0.247 e. The number of thioether (sulfide) groups is 1. The minimum absolute atomic E-state index is 0.236. The highest BCUT2D eigenvalue weighted by atomic mass is 35.5. The van der Waals surface area contributed by atoms with Crippen molar-refractivity contribution in [3.8, 4) is 28.6 Å². The summed E-state index contributed by atoms with van der Waals surface area (Å²) in [6.45, 7) is 3.55.